The average Bonchev–Trinajstić information content (AvgIpc) is 2.96. The van der Waals surface area contributed by atoms with Gasteiger partial charge in [0.15, 0.2) is 0 Å². The summed E-state index contributed by atoms with van der Waals surface area (Å²) in [6.45, 7) is 4.09. The molecule has 1 amide bonds. The summed E-state index contributed by atoms with van der Waals surface area (Å²) >= 11 is 1.37. The van der Waals surface area contributed by atoms with Gasteiger partial charge < -0.3 is 5.73 Å². The molecule has 0 bridgehead atoms. The van der Waals surface area contributed by atoms with Crippen LogP contribution in [0.4, 0.5) is 5.13 Å². The molecule has 1 saturated carbocycles. The number of hydrogen-bond donors (Lipinski definition) is 2. The number of amides is 1. The zero-order valence-corrected chi connectivity index (χ0v) is 13.5. The maximum absolute atomic E-state index is 11.9. The van der Waals surface area contributed by atoms with Crippen LogP contribution in [0.15, 0.2) is 18.2 Å². The van der Waals surface area contributed by atoms with Crippen LogP contribution >= 0.6 is 23.7 Å². The lowest BCUT2D eigenvalue weighted by Crippen LogP contribution is -2.37. The van der Waals surface area contributed by atoms with Gasteiger partial charge in [0.05, 0.1) is 5.54 Å². The third-order valence-electron chi connectivity index (χ3n) is 3.35. The number of halogens is 1. The topological polar surface area (TPSA) is 80.9 Å². The van der Waals surface area contributed by atoms with E-state index in [-0.39, 0.29) is 18.3 Å². The summed E-state index contributed by atoms with van der Waals surface area (Å²) in [5.41, 5.74) is 8.53. The molecule has 0 spiro atoms. The van der Waals surface area contributed by atoms with Crippen LogP contribution in [0.2, 0.25) is 0 Å². The predicted molar refractivity (Wildman–Crippen MR) is 86.8 cm³/mol. The summed E-state index contributed by atoms with van der Waals surface area (Å²) in [6.07, 6.45) is 1.48. The van der Waals surface area contributed by atoms with Crippen LogP contribution in [0.25, 0.3) is 10.6 Å². The van der Waals surface area contributed by atoms with E-state index in [1.807, 2.05) is 13.8 Å². The number of rotatable bonds is 3. The van der Waals surface area contributed by atoms with Crippen molar-refractivity contribution in [2.75, 3.05) is 5.32 Å². The van der Waals surface area contributed by atoms with Gasteiger partial charge in [0, 0.05) is 5.56 Å². The second kappa shape index (κ2) is 5.71. The van der Waals surface area contributed by atoms with Gasteiger partial charge in [-0.1, -0.05) is 28.5 Å². The molecular formula is C14H17ClN4OS. The summed E-state index contributed by atoms with van der Waals surface area (Å²) in [4.78, 5) is 11.9. The average molecular weight is 325 g/mol. The molecule has 7 heteroatoms. The Hall–Kier alpha value is -1.50. The van der Waals surface area contributed by atoms with Gasteiger partial charge in [-0.2, -0.15) is 0 Å². The smallest absolute Gasteiger partial charge is 0.246 e. The third kappa shape index (κ3) is 3.40. The normalized spacial score (nSPS) is 15.2. The number of nitrogens with one attached hydrogen (secondary N) is 1. The second-order valence-corrected chi connectivity index (χ2v) is 6.38. The Labute approximate surface area is 133 Å². The lowest BCUT2D eigenvalue weighted by atomic mass is 10.1. The summed E-state index contributed by atoms with van der Waals surface area (Å²) in [5.74, 6) is -0.166. The van der Waals surface area contributed by atoms with Crippen LogP contribution in [0.3, 0.4) is 0 Å². The fourth-order valence-corrected chi connectivity index (χ4v) is 2.80. The summed E-state index contributed by atoms with van der Waals surface area (Å²) < 4.78 is 0. The summed E-state index contributed by atoms with van der Waals surface area (Å²) in [7, 11) is 0. The minimum atomic E-state index is -0.689. The molecule has 0 atom stereocenters. The summed E-state index contributed by atoms with van der Waals surface area (Å²) in [6, 6.07) is 6.23. The van der Waals surface area contributed by atoms with Crippen molar-refractivity contribution in [2.45, 2.75) is 32.2 Å². The van der Waals surface area contributed by atoms with Gasteiger partial charge >= 0.3 is 0 Å². The number of carbonyl (C=O) groups is 1. The summed E-state index contributed by atoms with van der Waals surface area (Å²) in [5, 5.41) is 12.2. The molecule has 3 N–H and O–H groups in total. The van der Waals surface area contributed by atoms with Crippen molar-refractivity contribution in [1.29, 1.82) is 0 Å². The van der Waals surface area contributed by atoms with Gasteiger partial charge in [0.25, 0.3) is 0 Å². The van der Waals surface area contributed by atoms with Crippen molar-refractivity contribution in [1.82, 2.24) is 10.2 Å². The first-order valence-electron chi connectivity index (χ1n) is 6.49. The fourth-order valence-electron chi connectivity index (χ4n) is 2.07. The van der Waals surface area contributed by atoms with E-state index < -0.39 is 5.54 Å². The fraction of sp³-hybridized carbons (Fsp3) is 0.357. The van der Waals surface area contributed by atoms with E-state index in [1.165, 1.54) is 22.5 Å². The molecule has 1 heterocycles. The first-order valence-corrected chi connectivity index (χ1v) is 7.30. The molecule has 3 rings (SSSR count). The number of nitrogens with zero attached hydrogens (tertiary/aromatic N) is 2. The minimum absolute atomic E-state index is 0. The molecule has 0 unspecified atom stereocenters. The molecule has 1 aliphatic rings. The number of hydrogen-bond acceptors (Lipinski definition) is 5. The maximum atomic E-state index is 11.9. The highest BCUT2D eigenvalue weighted by Gasteiger charge is 2.46. The number of aryl methyl sites for hydroxylation is 2. The van der Waals surface area contributed by atoms with Crippen molar-refractivity contribution in [2.24, 2.45) is 5.73 Å². The number of aromatic nitrogens is 2. The highest BCUT2D eigenvalue weighted by Crippen LogP contribution is 2.34. The third-order valence-corrected chi connectivity index (χ3v) is 4.24. The van der Waals surface area contributed by atoms with Gasteiger partial charge in [-0.05, 0) is 38.8 Å². The van der Waals surface area contributed by atoms with Crippen molar-refractivity contribution < 1.29 is 4.79 Å². The van der Waals surface area contributed by atoms with E-state index >= 15 is 0 Å². The molecule has 1 fully saturated rings. The van der Waals surface area contributed by atoms with E-state index in [0.717, 1.165) is 23.4 Å². The molecule has 5 nitrogen and oxygen atoms in total. The van der Waals surface area contributed by atoms with Crippen LogP contribution in [-0.4, -0.2) is 21.6 Å². The van der Waals surface area contributed by atoms with Crippen LogP contribution in [0.5, 0.6) is 0 Å². The predicted octanol–water partition coefficient (Wildman–Crippen LogP) is 2.67. The Bertz CT molecular complexity index is 661. The number of nitrogens with two attached hydrogens (primary N) is 1. The van der Waals surface area contributed by atoms with Crippen LogP contribution in [-0.2, 0) is 4.79 Å². The monoisotopic (exact) mass is 324 g/mol. The van der Waals surface area contributed by atoms with Crippen LogP contribution in [0, 0.1) is 13.8 Å². The second-order valence-electron chi connectivity index (χ2n) is 5.40. The van der Waals surface area contributed by atoms with Crippen molar-refractivity contribution in [3.63, 3.8) is 0 Å². The zero-order chi connectivity index (χ0) is 14.3. The standard InChI is InChI=1S/C14H16N4OS.ClH/c1-8-5-9(2)7-10(6-8)11-17-18-13(20-11)16-12(19)14(15)3-4-14;/h5-7H,3-4,15H2,1-2H3,(H,16,18,19);1H. The highest BCUT2D eigenvalue weighted by molar-refractivity contribution is 7.18. The van der Waals surface area contributed by atoms with Gasteiger partial charge in [-0.3, -0.25) is 10.1 Å². The number of carbonyl (C=O) groups excluding carboxylic acids is 1. The Morgan fingerprint density at radius 1 is 1.24 bits per heavy atom. The largest absolute Gasteiger partial charge is 0.317 e. The molecular weight excluding hydrogens is 308 g/mol. The molecule has 1 aromatic heterocycles. The first-order chi connectivity index (χ1) is 9.46. The van der Waals surface area contributed by atoms with Crippen molar-refractivity contribution in [3.05, 3.63) is 29.3 Å². The van der Waals surface area contributed by atoms with Gasteiger partial charge in [0.2, 0.25) is 11.0 Å². The van der Waals surface area contributed by atoms with Gasteiger partial charge in [0.1, 0.15) is 5.01 Å². The molecule has 0 aliphatic heterocycles. The van der Waals surface area contributed by atoms with E-state index in [9.17, 15) is 4.79 Å². The lowest BCUT2D eigenvalue weighted by molar-refractivity contribution is -0.118. The Morgan fingerprint density at radius 2 is 1.86 bits per heavy atom. The Kier molecular flexibility index (Phi) is 4.32. The molecule has 1 aromatic carbocycles. The first kappa shape index (κ1) is 15.9. The van der Waals surface area contributed by atoms with Gasteiger partial charge in [-0.15, -0.1) is 22.6 Å². The molecule has 0 radical (unpaired) electrons. The Morgan fingerprint density at radius 3 is 2.43 bits per heavy atom. The van der Waals surface area contributed by atoms with Gasteiger partial charge in [-0.25, -0.2) is 0 Å². The zero-order valence-electron chi connectivity index (χ0n) is 11.8. The minimum Gasteiger partial charge on any atom is -0.317 e. The van der Waals surface area contributed by atoms with Crippen LogP contribution in [0.1, 0.15) is 24.0 Å². The lowest BCUT2D eigenvalue weighted by Gasteiger charge is -2.06. The number of benzene rings is 1. The number of anilines is 1. The van der Waals surface area contributed by atoms with Crippen molar-refractivity contribution >= 4 is 34.8 Å². The van der Waals surface area contributed by atoms with E-state index in [1.54, 1.807) is 0 Å². The molecule has 112 valence electrons. The highest BCUT2D eigenvalue weighted by atomic mass is 35.5. The maximum Gasteiger partial charge on any atom is 0.246 e. The quantitative estimate of drug-likeness (QED) is 0.909. The molecule has 21 heavy (non-hydrogen) atoms. The van der Waals surface area contributed by atoms with E-state index in [4.69, 9.17) is 5.73 Å². The molecule has 2 aromatic rings. The van der Waals surface area contributed by atoms with E-state index in [0.29, 0.717) is 5.13 Å². The van der Waals surface area contributed by atoms with E-state index in [2.05, 4.69) is 33.7 Å². The van der Waals surface area contributed by atoms with Crippen molar-refractivity contribution in [3.8, 4) is 10.6 Å². The SMILES string of the molecule is Cc1cc(C)cc(-c2nnc(NC(=O)C3(N)CC3)s2)c1.Cl. The molecule has 0 saturated heterocycles. The Balaban J connectivity index is 0.00000161. The molecule has 1 aliphatic carbocycles. The van der Waals surface area contributed by atoms with Crippen LogP contribution < -0.4 is 11.1 Å².